The SMILES string of the molecule is Cc1ccc(/C(=C/c2cccc(O[B]O)c2)c2ccc(S(C)(=O)=O)cc2)nc1.O=C1CC1. The number of hydrogen-bond donors (Lipinski definition) is 1. The van der Waals surface area contributed by atoms with Gasteiger partial charge >= 0.3 is 7.69 Å². The third kappa shape index (κ3) is 6.90. The van der Waals surface area contributed by atoms with Gasteiger partial charge in [-0.2, -0.15) is 0 Å². The Bertz CT molecular complexity index is 1210. The van der Waals surface area contributed by atoms with Crippen LogP contribution in [0.5, 0.6) is 5.75 Å². The second kappa shape index (κ2) is 10.4. The number of rotatable bonds is 6. The van der Waals surface area contributed by atoms with Crippen LogP contribution in [0.2, 0.25) is 0 Å². The Morgan fingerprint density at radius 3 is 2.31 bits per heavy atom. The largest absolute Gasteiger partial charge is 0.569 e. The summed E-state index contributed by atoms with van der Waals surface area (Å²) < 4.78 is 28.5. The summed E-state index contributed by atoms with van der Waals surface area (Å²) in [4.78, 5) is 14.3. The number of ketones is 1. The highest BCUT2D eigenvalue weighted by atomic mass is 32.2. The molecule has 1 aliphatic rings. The maximum atomic E-state index is 11.7. The number of hydrogen-bond acceptors (Lipinski definition) is 6. The average molecular weight is 448 g/mol. The maximum Gasteiger partial charge on any atom is 0.569 e. The van der Waals surface area contributed by atoms with Gasteiger partial charge in [-0.1, -0.05) is 30.3 Å². The van der Waals surface area contributed by atoms with E-state index in [9.17, 15) is 13.2 Å². The highest BCUT2D eigenvalue weighted by Gasteiger charge is 2.13. The molecule has 3 aromatic rings. The summed E-state index contributed by atoms with van der Waals surface area (Å²) in [5.41, 5.74) is 4.33. The lowest BCUT2D eigenvalue weighted by Crippen LogP contribution is -1.99. The minimum atomic E-state index is -3.27. The Kier molecular flexibility index (Phi) is 7.61. The number of nitrogens with zero attached hydrogens (tertiary/aromatic N) is 1. The van der Waals surface area contributed by atoms with Crippen molar-refractivity contribution >= 4 is 35.0 Å². The predicted molar refractivity (Wildman–Crippen MR) is 125 cm³/mol. The number of carbonyl (C=O) groups is 1. The van der Waals surface area contributed by atoms with Gasteiger partial charge in [0.25, 0.3) is 0 Å². The number of sulfone groups is 1. The van der Waals surface area contributed by atoms with Gasteiger partial charge < -0.3 is 9.68 Å². The first-order valence-corrected chi connectivity index (χ1v) is 11.8. The molecule has 0 spiro atoms. The van der Waals surface area contributed by atoms with Crippen molar-refractivity contribution in [2.75, 3.05) is 6.26 Å². The zero-order valence-corrected chi connectivity index (χ0v) is 18.7. The summed E-state index contributed by atoms with van der Waals surface area (Å²) in [6.07, 6.45) is 6.61. The molecule has 0 amide bonds. The van der Waals surface area contributed by atoms with Gasteiger partial charge in [0.15, 0.2) is 9.84 Å². The normalized spacial score (nSPS) is 13.1. The number of benzene rings is 2. The molecule has 6 nitrogen and oxygen atoms in total. The van der Waals surface area contributed by atoms with Crippen molar-refractivity contribution in [3.8, 4) is 5.75 Å². The van der Waals surface area contributed by atoms with E-state index in [0.717, 1.165) is 40.8 Å². The van der Waals surface area contributed by atoms with Crippen LogP contribution >= 0.6 is 0 Å². The third-order valence-corrected chi connectivity index (χ3v) is 5.72. The van der Waals surface area contributed by atoms with Crippen LogP contribution in [0.1, 0.15) is 35.2 Å². The zero-order chi connectivity index (χ0) is 23.1. The Balaban J connectivity index is 0.000000650. The number of Topliss-reactive ketones (excluding diaryl/α,β-unsaturated/α-hetero) is 1. The van der Waals surface area contributed by atoms with Crippen molar-refractivity contribution in [2.45, 2.75) is 24.7 Å². The van der Waals surface area contributed by atoms with E-state index in [1.807, 2.05) is 37.3 Å². The van der Waals surface area contributed by atoms with E-state index in [4.69, 9.17) is 9.68 Å². The van der Waals surface area contributed by atoms with E-state index >= 15 is 0 Å². The minimum Gasteiger partial charge on any atom is -0.537 e. The molecule has 1 aromatic heterocycles. The first kappa shape index (κ1) is 23.4. The van der Waals surface area contributed by atoms with Crippen LogP contribution in [0.25, 0.3) is 11.6 Å². The summed E-state index contributed by atoms with van der Waals surface area (Å²) in [7, 11) is -2.63. The monoisotopic (exact) mass is 448 g/mol. The molecule has 0 unspecified atom stereocenters. The molecule has 8 heteroatoms. The number of aromatic nitrogens is 1. The van der Waals surface area contributed by atoms with Crippen LogP contribution in [0.15, 0.2) is 71.8 Å². The van der Waals surface area contributed by atoms with Crippen LogP contribution in [-0.2, 0) is 14.6 Å². The van der Waals surface area contributed by atoms with Crippen molar-refractivity contribution in [1.29, 1.82) is 0 Å². The van der Waals surface area contributed by atoms with Crippen LogP contribution in [0.4, 0.5) is 0 Å². The van der Waals surface area contributed by atoms with Crippen molar-refractivity contribution in [3.63, 3.8) is 0 Å². The first-order chi connectivity index (χ1) is 15.3. The predicted octanol–water partition coefficient (Wildman–Crippen LogP) is 3.64. The fourth-order valence-corrected chi connectivity index (χ4v) is 3.40. The Morgan fingerprint density at radius 2 is 1.78 bits per heavy atom. The number of pyridine rings is 1. The summed E-state index contributed by atoms with van der Waals surface area (Å²) in [5, 5.41) is 8.84. The van der Waals surface area contributed by atoms with Crippen LogP contribution in [0.3, 0.4) is 0 Å². The number of carbonyl (C=O) groups excluding carboxylic acids is 1. The zero-order valence-electron chi connectivity index (χ0n) is 17.9. The van der Waals surface area contributed by atoms with Gasteiger partial charge in [-0.15, -0.1) is 0 Å². The molecule has 32 heavy (non-hydrogen) atoms. The fourth-order valence-electron chi connectivity index (χ4n) is 2.77. The molecule has 1 heterocycles. The molecule has 1 saturated carbocycles. The lowest BCUT2D eigenvalue weighted by molar-refractivity contribution is -0.109. The summed E-state index contributed by atoms with van der Waals surface area (Å²) in [6.45, 7) is 1.97. The molecule has 0 atom stereocenters. The van der Waals surface area contributed by atoms with Gasteiger partial charge in [-0.25, -0.2) is 8.42 Å². The Hall–Kier alpha value is -3.23. The Labute approximate surface area is 188 Å². The van der Waals surface area contributed by atoms with E-state index in [2.05, 4.69) is 4.98 Å². The summed E-state index contributed by atoms with van der Waals surface area (Å²) >= 11 is 0. The van der Waals surface area contributed by atoms with Crippen LogP contribution in [0, 0.1) is 6.92 Å². The van der Waals surface area contributed by atoms with E-state index in [0.29, 0.717) is 19.2 Å². The highest BCUT2D eigenvalue weighted by Crippen LogP contribution is 2.27. The van der Waals surface area contributed by atoms with Gasteiger partial charge in [-0.3, -0.25) is 9.78 Å². The van der Waals surface area contributed by atoms with E-state index in [1.54, 1.807) is 42.6 Å². The van der Waals surface area contributed by atoms with E-state index in [-0.39, 0.29) is 4.90 Å². The highest BCUT2D eigenvalue weighted by molar-refractivity contribution is 7.90. The maximum absolute atomic E-state index is 11.7. The minimum absolute atomic E-state index is 0.265. The summed E-state index contributed by atoms with van der Waals surface area (Å²) in [6, 6.07) is 17.9. The molecule has 163 valence electrons. The van der Waals surface area contributed by atoms with E-state index < -0.39 is 9.84 Å². The van der Waals surface area contributed by atoms with Gasteiger partial charge in [-0.05, 0) is 60.0 Å². The lowest BCUT2D eigenvalue weighted by atomic mass is 9.99. The smallest absolute Gasteiger partial charge is 0.537 e. The lowest BCUT2D eigenvalue weighted by Gasteiger charge is -2.10. The van der Waals surface area contributed by atoms with E-state index in [1.165, 1.54) is 6.26 Å². The van der Waals surface area contributed by atoms with Gasteiger partial charge in [0.1, 0.15) is 11.5 Å². The molecule has 1 N–H and O–H groups in total. The quantitative estimate of drug-likeness (QED) is 0.457. The van der Waals surface area contributed by atoms with Crippen LogP contribution < -0.4 is 4.65 Å². The van der Waals surface area contributed by atoms with Crippen molar-refractivity contribution in [3.05, 3.63) is 89.2 Å². The molecule has 1 aliphatic carbocycles. The summed E-state index contributed by atoms with van der Waals surface area (Å²) in [5.74, 6) is 0.917. The van der Waals surface area contributed by atoms with Crippen LogP contribution in [-0.4, -0.2) is 38.1 Å². The van der Waals surface area contributed by atoms with Crippen molar-refractivity contribution in [1.82, 2.24) is 4.98 Å². The van der Waals surface area contributed by atoms with Gasteiger partial charge in [0.05, 0.1) is 10.6 Å². The fraction of sp³-hybridized carbons (Fsp3) is 0.167. The Morgan fingerprint density at radius 1 is 1.09 bits per heavy atom. The third-order valence-electron chi connectivity index (χ3n) is 4.59. The molecule has 1 radical (unpaired) electrons. The van der Waals surface area contributed by atoms with Gasteiger partial charge in [0.2, 0.25) is 0 Å². The molecular weight excluding hydrogens is 425 g/mol. The molecule has 2 aromatic carbocycles. The van der Waals surface area contributed by atoms with Gasteiger partial charge in [0, 0.05) is 30.9 Å². The molecule has 4 rings (SSSR count). The molecule has 0 saturated heterocycles. The molecule has 1 fully saturated rings. The topological polar surface area (TPSA) is 93.6 Å². The van der Waals surface area contributed by atoms with Crippen molar-refractivity contribution in [2.24, 2.45) is 0 Å². The molecular formula is C24H23BNO5S. The molecule has 0 bridgehead atoms. The average Bonchev–Trinajstić information content (AvgIpc) is 3.55. The second-order valence-electron chi connectivity index (χ2n) is 7.41. The number of aryl methyl sites for hydroxylation is 1. The standard InChI is InChI=1S/C21H19BNO4S.C3H4O/c1-15-6-11-21(23-14-15)20(13-16-4-3-5-18(12-16)27-22-24)17-7-9-19(10-8-17)28(2,25)26;4-3-1-2-3/h3-14,24H,1-2H3;1-2H2/b20-13+;. The first-order valence-electron chi connectivity index (χ1n) is 9.96. The second-order valence-corrected chi connectivity index (χ2v) is 9.43. The molecule has 0 aliphatic heterocycles. The van der Waals surface area contributed by atoms with Crippen molar-refractivity contribution < 1.29 is 22.9 Å².